The zero-order valence-electron chi connectivity index (χ0n) is 11.9. The van der Waals surface area contributed by atoms with E-state index in [1.807, 2.05) is 29.8 Å². The molecule has 0 aliphatic heterocycles. The first-order valence-electron chi connectivity index (χ1n) is 6.61. The van der Waals surface area contributed by atoms with Gasteiger partial charge in [0.25, 0.3) is 0 Å². The van der Waals surface area contributed by atoms with Crippen molar-refractivity contribution in [2.75, 3.05) is 13.7 Å². The lowest BCUT2D eigenvalue weighted by Gasteiger charge is -2.08. The predicted molar refractivity (Wildman–Crippen MR) is 75.0 cm³/mol. The Morgan fingerprint density at radius 3 is 3.00 bits per heavy atom. The fraction of sp³-hybridized carbons (Fsp3) is 0.357. The molecule has 3 heterocycles. The molecule has 0 saturated carbocycles. The molecule has 7 nitrogen and oxygen atoms in total. The number of nitrogens with zero attached hydrogens (tertiary/aromatic N) is 4. The van der Waals surface area contributed by atoms with Crippen LogP contribution in [0.25, 0.3) is 11.0 Å². The largest absolute Gasteiger partial charge is 0.469 e. The maximum Gasteiger partial charge on any atom is 0.242 e. The molecule has 3 rings (SSSR count). The molecular weight excluding hydrogens is 272 g/mol. The highest BCUT2D eigenvalue weighted by atomic mass is 16.5. The number of hydrogen-bond acceptors (Lipinski definition) is 6. The van der Waals surface area contributed by atoms with Gasteiger partial charge in [0.05, 0.1) is 12.1 Å². The lowest BCUT2D eigenvalue weighted by atomic mass is 10.4. The van der Waals surface area contributed by atoms with Gasteiger partial charge in [0.1, 0.15) is 29.9 Å². The van der Waals surface area contributed by atoms with Crippen LogP contribution >= 0.6 is 0 Å². The van der Waals surface area contributed by atoms with E-state index in [0.29, 0.717) is 25.6 Å². The second kappa shape index (κ2) is 5.92. The monoisotopic (exact) mass is 288 g/mol. The van der Waals surface area contributed by atoms with Crippen LogP contribution in [0.3, 0.4) is 0 Å². The number of fused-ring (bicyclic) bond motifs is 1. The highest BCUT2D eigenvalue weighted by molar-refractivity contribution is 5.80. The van der Waals surface area contributed by atoms with Crippen LogP contribution in [0.2, 0.25) is 0 Å². The van der Waals surface area contributed by atoms with E-state index in [-0.39, 0.29) is 0 Å². The lowest BCUT2D eigenvalue weighted by Crippen LogP contribution is -2.05. The van der Waals surface area contributed by atoms with E-state index in [2.05, 4.69) is 15.1 Å². The summed E-state index contributed by atoms with van der Waals surface area (Å²) < 4.78 is 17.9. The molecule has 7 heteroatoms. The molecule has 0 bridgehead atoms. The zero-order chi connectivity index (χ0) is 14.7. The van der Waals surface area contributed by atoms with E-state index in [4.69, 9.17) is 14.0 Å². The Balaban J connectivity index is 1.84. The second-order valence-corrected chi connectivity index (χ2v) is 4.63. The van der Waals surface area contributed by atoms with Gasteiger partial charge in [-0.1, -0.05) is 5.16 Å². The summed E-state index contributed by atoms with van der Waals surface area (Å²) in [6, 6.07) is 3.77. The number of hydrogen-bond donors (Lipinski definition) is 0. The maximum atomic E-state index is 5.76. The number of rotatable bonds is 6. The molecule has 0 N–H and O–H groups in total. The van der Waals surface area contributed by atoms with E-state index in [1.165, 1.54) is 6.33 Å². The minimum absolute atomic E-state index is 0.304. The van der Waals surface area contributed by atoms with Gasteiger partial charge in [-0.25, -0.2) is 4.98 Å². The highest BCUT2D eigenvalue weighted by Gasteiger charge is 2.11. The fourth-order valence-electron chi connectivity index (χ4n) is 2.11. The van der Waals surface area contributed by atoms with Gasteiger partial charge in [0.2, 0.25) is 5.88 Å². The van der Waals surface area contributed by atoms with E-state index in [9.17, 15) is 0 Å². The van der Waals surface area contributed by atoms with Gasteiger partial charge in [-0.05, 0) is 13.0 Å². The van der Waals surface area contributed by atoms with Gasteiger partial charge in [0.15, 0.2) is 0 Å². The SMILES string of the molecule is COCCn1ccc2ncnc(OCc3cc(C)on3)c21. The lowest BCUT2D eigenvalue weighted by molar-refractivity contribution is 0.188. The average Bonchev–Trinajstić information content (AvgIpc) is 3.09. The molecule has 0 aliphatic carbocycles. The molecule has 0 spiro atoms. The summed E-state index contributed by atoms with van der Waals surface area (Å²) in [6.45, 7) is 3.47. The maximum absolute atomic E-state index is 5.76. The molecule has 0 aromatic carbocycles. The van der Waals surface area contributed by atoms with Crippen LogP contribution in [0.15, 0.2) is 29.2 Å². The molecule has 3 aromatic rings. The van der Waals surface area contributed by atoms with Crippen molar-refractivity contribution < 1.29 is 14.0 Å². The summed E-state index contributed by atoms with van der Waals surface area (Å²) in [6.07, 6.45) is 3.44. The Bertz CT molecular complexity index is 735. The van der Waals surface area contributed by atoms with Crippen LogP contribution < -0.4 is 4.74 Å². The summed E-state index contributed by atoms with van der Waals surface area (Å²) in [7, 11) is 1.67. The van der Waals surface area contributed by atoms with Gasteiger partial charge >= 0.3 is 0 Å². The Morgan fingerprint density at radius 2 is 2.24 bits per heavy atom. The Hall–Kier alpha value is -2.41. The van der Waals surface area contributed by atoms with Gasteiger partial charge in [-0.2, -0.15) is 4.98 Å². The third-order valence-electron chi connectivity index (χ3n) is 3.09. The molecule has 0 amide bonds. The van der Waals surface area contributed by atoms with Gasteiger partial charge in [-0.3, -0.25) is 0 Å². The van der Waals surface area contributed by atoms with Crippen molar-refractivity contribution in [3.63, 3.8) is 0 Å². The topological polar surface area (TPSA) is 75.2 Å². The first kappa shape index (κ1) is 13.6. The van der Waals surface area contributed by atoms with Crippen molar-refractivity contribution in [1.29, 1.82) is 0 Å². The summed E-state index contributed by atoms with van der Waals surface area (Å²) in [5.74, 6) is 1.28. The Kier molecular flexibility index (Phi) is 3.83. The van der Waals surface area contributed by atoms with E-state index in [0.717, 1.165) is 22.5 Å². The first-order valence-corrected chi connectivity index (χ1v) is 6.61. The Morgan fingerprint density at radius 1 is 1.33 bits per heavy atom. The van der Waals surface area contributed by atoms with Crippen LogP contribution in [0.5, 0.6) is 5.88 Å². The number of aromatic nitrogens is 4. The average molecular weight is 288 g/mol. The van der Waals surface area contributed by atoms with Crippen LogP contribution in [0.1, 0.15) is 11.5 Å². The van der Waals surface area contributed by atoms with Crippen LogP contribution in [0.4, 0.5) is 0 Å². The van der Waals surface area contributed by atoms with Crippen molar-refractivity contribution in [3.8, 4) is 5.88 Å². The Labute approximate surface area is 121 Å². The van der Waals surface area contributed by atoms with E-state index >= 15 is 0 Å². The van der Waals surface area contributed by atoms with Gasteiger partial charge in [0, 0.05) is 25.9 Å². The first-order chi connectivity index (χ1) is 10.3. The van der Waals surface area contributed by atoms with Crippen LogP contribution in [0, 0.1) is 6.92 Å². The van der Waals surface area contributed by atoms with Crippen molar-refractivity contribution >= 4 is 11.0 Å². The normalized spacial score (nSPS) is 11.1. The standard InChI is InChI=1S/C14H16N4O3/c1-10-7-11(17-21-10)8-20-14-13-12(15-9-16-14)3-4-18(13)5-6-19-2/h3-4,7,9H,5-6,8H2,1-2H3. The number of methoxy groups -OCH3 is 1. The van der Waals surface area contributed by atoms with Crippen molar-refractivity contribution in [2.24, 2.45) is 0 Å². The molecule has 0 saturated heterocycles. The second-order valence-electron chi connectivity index (χ2n) is 4.63. The minimum Gasteiger partial charge on any atom is -0.469 e. The molecule has 0 fully saturated rings. The summed E-state index contributed by atoms with van der Waals surface area (Å²) in [4.78, 5) is 8.46. The summed E-state index contributed by atoms with van der Waals surface area (Å²) in [5, 5.41) is 3.90. The molecule has 0 unspecified atom stereocenters. The quantitative estimate of drug-likeness (QED) is 0.690. The van der Waals surface area contributed by atoms with E-state index < -0.39 is 0 Å². The van der Waals surface area contributed by atoms with Crippen LogP contribution in [-0.4, -0.2) is 33.4 Å². The molecule has 21 heavy (non-hydrogen) atoms. The molecule has 0 aliphatic rings. The van der Waals surface area contributed by atoms with E-state index in [1.54, 1.807) is 7.11 Å². The molecule has 110 valence electrons. The zero-order valence-corrected chi connectivity index (χ0v) is 11.9. The smallest absolute Gasteiger partial charge is 0.242 e. The van der Waals surface area contributed by atoms with Crippen molar-refractivity contribution in [1.82, 2.24) is 19.7 Å². The molecule has 0 atom stereocenters. The molecule has 0 radical (unpaired) electrons. The summed E-state index contributed by atoms with van der Waals surface area (Å²) >= 11 is 0. The molecular formula is C14H16N4O3. The third kappa shape index (κ3) is 2.87. The highest BCUT2D eigenvalue weighted by Crippen LogP contribution is 2.23. The number of aryl methyl sites for hydroxylation is 1. The minimum atomic E-state index is 0.304. The fourth-order valence-corrected chi connectivity index (χ4v) is 2.11. The molecule has 3 aromatic heterocycles. The van der Waals surface area contributed by atoms with Gasteiger partial charge < -0.3 is 18.6 Å². The van der Waals surface area contributed by atoms with Gasteiger partial charge in [-0.15, -0.1) is 0 Å². The third-order valence-corrected chi connectivity index (χ3v) is 3.09. The number of ether oxygens (including phenoxy) is 2. The van der Waals surface area contributed by atoms with Crippen molar-refractivity contribution in [2.45, 2.75) is 20.1 Å². The van der Waals surface area contributed by atoms with Crippen molar-refractivity contribution in [3.05, 3.63) is 36.1 Å². The van der Waals surface area contributed by atoms with Crippen LogP contribution in [-0.2, 0) is 17.9 Å². The summed E-state index contributed by atoms with van der Waals surface area (Å²) in [5.41, 5.74) is 2.43. The predicted octanol–water partition coefficient (Wildman–Crippen LogP) is 1.95.